The molecule has 0 amide bonds. The van der Waals surface area contributed by atoms with Gasteiger partial charge in [-0.2, -0.15) is 5.26 Å². The largest absolute Gasteiger partial charge is 0.301 e. The predicted octanol–water partition coefficient (Wildman–Crippen LogP) is 3.58. The number of aromatic nitrogens is 2. The van der Waals surface area contributed by atoms with Crippen LogP contribution in [0.2, 0.25) is 0 Å². The Morgan fingerprint density at radius 2 is 2.14 bits per heavy atom. The average Bonchev–Trinajstić information content (AvgIpc) is 2.90. The van der Waals surface area contributed by atoms with E-state index in [1.165, 1.54) is 28.7 Å². The van der Waals surface area contributed by atoms with Gasteiger partial charge in [-0.05, 0) is 12.5 Å². The third kappa shape index (κ3) is 2.71. The molecule has 1 aromatic carbocycles. The molecule has 0 aliphatic rings. The van der Waals surface area contributed by atoms with Crippen LogP contribution < -0.4 is 5.56 Å². The van der Waals surface area contributed by atoms with E-state index >= 15 is 0 Å². The number of rotatable bonds is 3. The molecule has 0 saturated heterocycles. The van der Waals surface area contributed by atoms with Crippen LogP contribution in [0.5, 0.6) is 0 Å². The van der Waals surface area contributed by atoms with E-state index in [2.05, 4.69) is 9.97 Å². The molecule has 0 atom stereocenters. The average molecular weight is 313 g/mol. The Labute approximate surface area is 129 Å². The molecule has 2 heterocycles. The van der Waals surface area contributed by atoms with Gasteiger partial charge < -0.3 is 4.98 Å². The minimum absolute atomic E-state index is 0.155. The van der Waals surface area contributed by atoms with Gasteiger partial charge in [0.15, 0.2) is 5.16 Å². The van der Waals surface area contributed by atoms with Crippen molar-refractivity contribution in [3.05, 3.63) is 45.6 Å². The van der Waals surface area contributed by atoms with Crippen molar-refractivity contribution in [3.63, 3.8) is 0 Å². The van der Waals surface area contributed by atoms with Crippen LogP contribution in [0, 0.1) is 18.3 Å². The highest BCUT2D eigenvalue weighted by Crippen LogP contribution is 2.31. The van der Waals surface area contributed by atoms with E-state index in [-0.39, 0.29) is 11.3 Å². The Morgan fingerprint density at radius 3 is 2.86 bits per heavy atom. The number of nitrogens with zero attached hydrogens (tertiary/aromatic N) is 2. The monoisotopic (exact) mass is 313 g/mol. The first-order chi connectivity index (χ1) is 10.2. The van der Waals surface area contributed by atoms with Gasteiger partial charge in [0.25, 0.3) is 5.56 Å². The van der Waals surface area contributed by atoms with Gasteiger partial charge >= 0.3 is 0 Å². The molecule has 3 aromatic rings. The van der Waals surface area contributed by atoms with Gasteiger partial charge in [0, 0.05) is 10.9 Å². The first-order valence-corrected chi connectivity index (χ1v) is 8.14. The second-order valence-electron chi connectivity index (χ2n) is 4.51. The molecule has 0 radical (unpaired) electrons. The Bertz CT molecular complexity index is 888. The molecule has 0 spiro atoms. The van der Waals surface area contributed by atoms with Crippen LogP contribution in [0.25, 0.3) is 21.3 Å². The molecule has 3 rings (SSSR count). The summed E-state index contributed by atoms with van der Waals surface area (Å²) in [6.07, 6.45) is 0. The zero-order valence-corrected chi connectivity index (χ0v) is 12.8. The number of hydrogen-bond donors (Lipinski definition) is 1. The summed E-state index contributed by atoms with van der Waals surface area (Å²) >= 11 is 2.68. The molecule has 21 heavy (non-hydrogen) atoms. The highest BCUT2D eigenvalue weighted by atomic mass is 32.2. The van der Waals surface area contributed by atoms with E-state index in [0.29, 0.717) is 15.4 Å². The number of nitrogens with one attached hydrogen (secondary N) is 1. The van der Waals surface area contributed by atoms with Crippen molar-refractivity contribution in [1.29, 1.82) is 5.26 Å². The zero-order chi connectivity index (χ0) is 14.8. The Balaban J connectivity index is 2.12. The lowest BCUT2D eigenvalue weighted by Crippen LogP contribution is -2.08. The normalized spacial score (nSPS) is 10.7. The van der Waals surface area contributed by atoms with Crippen molar-refractivity contribution >= 4 is 33.3 Å². The molecule has 104 valence electrons. The van der Waals surface area contributed by atoms with E-state index in [1.54, 1.807) is 0 Å². The van der Waals surface area contributed by atoms with Gasteiger partial charge in [-0.1, -0.05) is 41.6 Å². The quantitative estimate of drug-likeness (QED) is 0.593. The summed E-state index contributed by atoms with van der Waals surface area (Å²) in [7, 11) is 0. The molecular weight excluding hydrogens is 302 g/mol. The summed E-state index contributed by atoms with van der Waals surface area (Å²) in [6.45, 7) is 2.03. The lowest BCUT2D eigenvalue weighted by Gasteiger charge is -2.01. The molecule has 0 aliphatic heterocycles. The summed E-state index contributed by atoms with van der Waals surface area (Å²) in [5, 5.41) is 11.7. The van der Waals surface area contributed by atoms with Gasteiger partial charge in [-0.15, -0.1) is 11.3 Å². The fraction of sp³-hybridized carbons (Fsp3) is 0.133. The Kier molecular flexibility index (Phi) is 3.78. The summed E-state index contributed by atoms with van der Waals surface area (Å²) in [4.78, 5) is 20.2. The molecule has 6 heteroatoms. The lowest BCUT2D eigenvalue weighted by atomic mass is 10.1. The Morgan fingerprint density at radius 1 is 1.38 bits per heavy atom. The molecular formula is C15H11N3OS2. The van der Waals surface area contributed by atoms with Crippen LogP contribution in [0.3, 0.4) is 0 Å². The van der Waals surface area contributed by atoms with Crippen LogP contribution >= 0.6 is 23.1 Å². The topological polar surface area (TPSA) is 69.5 Å². The number of aromatic amines is 1. The van der Waals surface area contributed by atoms with Gasteiger partial charge in [-0.3, -0.25) is 4.79 Å². The SMILES string of the molecule is Cc1ccc(-c2csc3nc(SCC#N)[nH]c(=O)c23)cc1. The van der Waals surface area contributed by atoms with Gasteiger partial charge in [0.1, 0.15) is 4.83 Å². The van der Waals surface area contributed by atoms with Crippen molar-refractivity contribution in [1.82, 2.24) is 9.97 Å². The van der Waals surface area contributed by atoms with Crippen molar-refractivity contribution in [2.75, 3.05) is 5.75 Å². The molecule has 0 bridgehead atoms. The number of thiophene rings is 1. The van der Waals surface area contributed by atoms with E-state index in [9.17, 15) is 4.79 Å². The van der Waals surface area contributed by atoms with Crippen LogP contribution in [0.4, 0.5) is 0 Å². The van der Waals surface area contributed by atoms with Crippen molar-refractivity contribution in [2.45, 2.75) is 12.1 Å². The number of H-pyrrole nitrogens is 1. The fourth-order valence-electron chi connectivity index (χ4n) is 2.04. The number of fused-ring (bicyclic) bond motifs is 1. The Hall–Kier alpha value is -2.10. The smallest absolute Gasteiger partial charge is 0.260 e. The maximum Gasteiger partial charge on any atom is 0.260 e. The van der Waals surface area contributed by atoms with Crippen molar-refractivity contribution in [2.24, 2.45) is 0 Å². The maximum atomic E-state index is 12.3. The summed E-state index contributed by atoms with van der Waals surface area (Å²) < 4.78 is 0. The number of nitriles is 1. The van der Waals surface area contributed by atoms with Crippen molar-refractivity contribution < 1.29 is 0 Å². The van der Waals surface area contributed by atoms with E-state index < -0.39 is 0 Å². The maximum absolute atomic E-state index is 12.3. The third-order valence-electron chi connectivity index (χ3n) is 3.06. The number of aryl methyl sites for hydroxylation is 1. The van der Waals surface area contributed by atoms with Gasteiger partial charge in [0.05, 0.1) is 17.2 Å². The summed E-state index contributed by atoms with van der Waals surface area (Å²) in [5.74, 6) is 0.268. The highest BCUT2D eigenvalue weighted by Gasteiger charge is 2.12. The van der Waals surface area contributed by atoms with Crippen LogP contribution in [0.1, 0.15) is 5.56 Å². The zero-order valence-electron chi connectivity index (χ0n) is 11.2. The van der Waals surface area contributed by atoms with Crippen LogP contribution in [-0.4, -0.2) is 15.7 Å². The molecule has 0 aliphatic carbocycles. The molecule has 0 unspecified atom stereocenters. The van der Waals surface area contributed by atoms with E-state index in [0.717, 1.165) is 11.1 Å². The number of benzene rings is 1. The molecule has 1 N–H and O–H groups in total. The van der Waals surface area contributed by atoms with Gasteiger partial charge in [0.2, 0.25) is 0 Å². The van der Waals surface area contributed by atoms with Crippen LogP contribution in [-0.2, 0) is 0 Å². The summed E-state index contributed by atoms with van der Waals surface area (Å²) in [5.41, 5.74) is 2.94. The lowest BCUT2D eigenvalue weighted by molar-refractivity contribution is 0.982. The van der Waals surface area contributed by atoms with Crippen LogP contribution in [0.15, 0.2) is 39.6 Å². The molecule has 2 aromatic heterocycles. The van der Waals surface area contributed by atoms with E-state index in [4.69, 9.17) is 5.26 Å². The molecule has 4 nitrogen and oxygen atoms in total. The predicted molar refractivity (Wildman–Crippen MR) is 86.8 cm³/mol. The first-order valence-electron chi connectivity index (χ1n) is 6.27. The second-order valence-corrected chi connectivity index (χ2v) is 6.34. The third-order valence-corrected chi connectivity index (χ3v) is 4.67. The molecule has 0 fully saturated rings. The number of thioether (sulfide) groups is 1. The standard InChI is InChI=1S/C15H11N3OS2/c1-9-2-4-10(5-3-9)11-8-21-14-12(11)13(19)17-15(18-14)20-7-6-16/h2-5,8H,7H2,1H3,(H,17,18,19). The minimum Gasteiger partial charge on any atom is -0.301 e. The second kappa shape index (κ2) is 5.72. The van der Waals surface area contributed by atoms with E-state index in [1.807, 2.05) is 42.6 Å². The first kappa shape index (κ1) is 13.9. The summed E-state index contributed by atoms with van der Waals surface area (Å²) in [6, 6.07) is 10.1. The minimum atomic E-state index is -0.155. The van der Waals surface area contributed by atoms with Gasteiger partial charge in [-0.25, -0.2) is 4.98 Å². The fourth-order valence-corrected chi connectivity index (χ4v) is 3.57. The number of hydrogen-bond acceptors (Lipinski definition) is 5. The molecule has 0 saturated carbocycles. The highest BCUT2D eigenvalue weighted by molar-refractivity contribution is 7.99. The van der Waals surface area contributed by atoms with Crippen molar-refractivity contribution in [3.8, 4) is 17.2 Å².